The van der Waals surface area contributed by atoms with Crippen molar-refractivity contribution in [2.24, 2.45) is 5.73 Å². The van der Waals surface area contributed by atoms with Crippen LogP contribution in [-0.4, -0.2) is 81.8 Å². The summed E-state index contributed by atoms with van der Waals surface area (Å²) in [4.78, 5) is 27.7. The van der Waals surface area contributed by atoms with E-state index in [0.717, 1.165) is 38.5 Å². The Labute approximate surface area is 256 Å². The molecule has 0 saturated carbocycles. The summed E-state index contributed by atoms with van der Waals surface area (Å²) < 4.78 is 6.02. The highest BCUT2D eigenvalue weighted by Gasteiger charge is 2.48. The SMILES string of the molecule is CCCCCCCCCCCCN(C(=O)CCCCCCCCCCC)[C@@H]1O[C@H](CO)[C@@H](O)[C@H](O)[C@@H]1NC(=O)[C@H](C)N. The quantitative estimate of drug-likeness (QED) is 0.0936. The van der Waals surface area contributed by atoms with E-state index in [9.17, 15) is 24.9 Å². The molecule has 0 bridgehead atoms. The molecule has 0 aliphatic carbocycles. The first-order valence-corrected chi connectivity index (χ1v) is 17.3. The van der Waals surface area contributed by atoms with Gasteiger partial charge in [-0.2, -0.15) is 0 Å². The minimum atomic E-state index is -1.42. The zero-order valence-electron chi connectivity index (χ0n) is 27.1. The molecule has 1 saturated heterocycles. The molecule has 1 heterocycles. The summed E-state index contributed by atoms with van der Waals surface area (Å²) in [6, 6.07) is -1.89. The van der Waals surface area contributed by atoms with Gasteiger partial charge >= 0.3 is 0 Å². The zero-order valence-corrected chi connectivity index (χ0v) is 27.1. The molecule has 2 amide bonds. The van der Waals surface area contributed by atoms with Gasteiger partial charge < -0.3 is 36.0 Å². The van der Waals surface area contributed by atoms with Gasteiger partial charge in [-0.3, -0.25) is 9.59 Å². The van der Waals surface area contributed by atoms with Crippen LogP contribution in [0.5, 0.6) is 0 Å². The number of rotatable bonds is 25. The highest BCUT2D eigenvalue weighted by Crippen LogP contribution is 2.26. The number of hydrogen-bond donors (Lipinski definition) is 5. The van der Waals surface area contributed by atoms with Gasteiger partial charge in [0.05, 0.1) is 12.6 Å². The average molecular weight is 600 g/mol. The lowest BCUT2D eigenvalue weighted by molar-refractivity contribution is -0.231. The van der Waals surface area contributed by atoms with Gasteiger partial charge in [0.25, 0.3) is 0 Å². The maximum atomic E-state index is 13.6. The number of ether oxygens (including phenoxy) is 1. The van der Waals surface area contributed by atoms with Gasteiger partial charge in [-0.25, -0.2) is 0 Å². The first-order chi connectivity index (χ1) is 20.3. The van der Waals surface area contributed by atoms with Crippen molar-refractivity contribution < 1.29 is 29.6 Å². The van der Waals surface area contributed by atoms with Gasteiger partial charge in [0.1, 0.15) is 24.4 Å². The number of aliphatic hydroxyl groups excluding tert-OH is 3. The third kappa shape index (κ3) is 15.5. The molecule has 0 aromatic heterocycles. The van der Waals surface area contributed by atoms with E-state index in [1.807, 2.05) is 0 Å². The standard InChI is InChI=1S/C33H65N3O6/c1-4-6-8-10-12-14-16-18-20-22-24-36(28(38)23-21-19-17-15-13-11-9-7-5-2)33-29(35-32(41)26(3)34)31(40)30(39)27(25-37)42-33/h26-27,29-31,33,37,39-40H,4-25,34H2,1-3H3,(H,35,41)/t26-,27+,29-,30+,31+,33+/m0/s1. The van der Waals surface area contributed by atoms with Crippen LogP contribution >= 0.6 is 0 Å². The Morgan fingerprint density at radius 2 is 1.21 bits per heavy atom. The fourth-order valence-electron chi connectivity index (χ4n) is 5.71. The summed E-state index contributed by atoms with van der Waals surface area (Å²) in [5.74, 6) is -0.605. The van der Waals surface area contributed by atoms with Crippen LogP contribution in [0.15, 0.2) is 0 Å². The smallest absolute Gasteiger partial charge is 0.237 e. The monoisotopic (exact) mass is 599 g/mol. The molecule has 0 spiro atoms. The number of carbonyl (C=O) groups is 2. The summed E-state index contributed by atoms with van der Waals surface area (Å²) in [6.45, 7) is 5.88. The van der Waals surface area contributed by atoms with Crippen molar-refractivity contribution in [2.45, 2.75) is 186 Å². The van der Waals surface area contributed by atoms with E-state index in [4.69, 9.17) is 10.5 Å². The number of amides is 2. The largest absolute Gasteiger partial charge is 0.394 e. The second kappa shape index (κ2) is 24.1. The molecule has 1 aliphatic rings. The second-order valence-corrected chi connectivity index (χ2v) is 12.4. The fraction of sp³-hybridized carbons (Fsp3) is 0.939. The molecule has 42 heavy (non-hydrogen) atoms. The van der Waals surface area contributed by atoms with Crippen LogP contribution in [0, 0.1) is 0 Å². The van der Waals surface area contributed by atoms with Crippen LogP contribution in [0.1, 0.15) is 149 Å². The van der Waals surface area contributed by atoms with Crippen molar-refractivity contribution in [3.8, 4) is 0 Å². The Morgan fingerprint density at radius 1 is 0.762 bits per heavy atom. The first kappa shape index (κ1) is 38.8. The number of nitrogens with two attached hydrogens (primary N) is 1. The van der Waals surface area contributed by atoms with Gasteiger partial charge in [0.2, 0.25) is 11.8 Å². The molecule has 0 radical (unpaired) electrons. The van der Waals surface area contributed by atoms with Crippen molar-refractivity contribution in [2.75, 3.05) is 13.2 Å². The van der Waals surface area contributed by atoms with Crippen LogP contribution in [0.2, 0.25) is 0 Å². The first-order valence-electron chi connectivity index (χ1n) is 17.3. The van der Waals surface area contributed by atoms with Crippen LogP contribution in [0.3, 0.4) is 0 Å². The van der Waals surface area contributed by atoms with E-state index in [1.165, 1.54) is 90.4 Å². The molecule has 6 atom stereocenters. The lowest BCUT2D eigenvalue weighted by atomic mass is 9.94. The van der Waals surface area contributed by atoms with E-state index in [2.05, 4.69) is 19.2 Å². The van der Waals surface area contributed by atoms with Crippen molar-refractivity contribution >= 4 is 11.8 Å². The number of nitrogens with one attached hydrogen (secondary N) is 1. The number of aliphatic hydroxyl groups is 3. The molecule has 9 heteroatoms. The minimum absolute atomic E-state index is 0.0980. The van der Waals surface area contributed by atoms with Crippen molar-refractivity contribution in [1.82, 2.24) is 10.2 Å². The molecular weight excluding hydrogens is 534 g/mol. The molecule has 0 aromatic carbocycles. The maximum Gasteiger partial charge on any atom is 0.237 e. The van der Waals surface area contributed by atoms with Crippen molar-refractivity contribution in [1.29, 1.82) is 0 Å². The van der Waals surface area contributed by atoms with Gasteiger partial charge in [0, 0.05) is 13.0 Å². The molecule has 1 rings (SSSR count). The van der Waals surface area contributed by atoms with Gasteiger partial charge in [0.15, 0.2) is 6.23 Å². The summed E-state index contributed by atoms with van der Waals surface area (Å²) in [6.07, 6.45) is 17.5. The molecule has 1 fully saturated rings. The Kier molecular flexibility index (Phi) is 22.2. The minimum Gasteiger partial charge on any atom is -0.394 e. The summed E-state index contributed by atoms with van der Waals surface area (Å²) in [5.41, 5.74) is 5.76. The second-order valence-electron chi connectivity index (χ2n) is 12.4. The maximum absolute atomic E-state index is 13.6. The summed E-state index contributed by atoms with van der Waals surface area (Å²) in [7, 11) is 0. The number of nitrogens with zero attached hydrogens (tertiary/aromatic N) is 1. The number of hydrogen-bond acceptors (Lipinski definition) is 7. The highest BCUT2D eigenvalue weighted by atomic mass is 16.5. The number of unbranched alkanes of at least 4 members (excludes halogenated alkanes) is 17. The molecule has 0 aromatic rings. The Bertz CT molecular complexity index is 695. The fourth-order valence-corrected chi connectivity index (χ4v) is 5.71. The van der Waals surface area contributed by atoms with Crippen LogP contribution in [-0.2, 0) is 14.3 Å². The number of carbonyl (C=O) groups excluding carboxylic acids is 2. The topological polar surface area (TPSA) is 145 Å². The van der Waals surface area contributed by atoms with Gasteiger partial charge in [-0.05, 0) is 19.8 Å². The molecule has 6 N–H and O–H groups in total. The predicted octanol–water partition coefficient (Wildman–Crippen LogP) is 4.93. The predicted molar refractivity (Wildman–Crippen MR) is 169 cm³/mol. The lowest BCUT2D eigenvalue weighted by Crippen LogP contribution is -2.69. The molecule has 0 unspecified atom stereocenters. The van der Waals surface area contributed by atoms with Crippen LogP contribution in [0.25, 0.3) is 0 Å². The van der Waals surface area contributed by atoms with Crippen molar-refractivity contribution in [3.05, 3.63) is 0 Å². The van der Waals surface area contributed by atoms with Crippen LogP contribution in [0.4, 0.5) is 0 Å². The third-order valence-corrected chi connectivity index (χ3v) is 8.50. The Hall–Kier alpha value is -1.26. The third-order valence-electron chi connectivity index (χ3n) is 8.50. The zero-order chi connectivity index (χ0) is 31.2. The van der Waals surface area contributed by atoms with Gasteiger partial charge in [-0.15, -0.1) is 0 Å². The van der Waals surface area contributed by atoms with Crippen LogP contribution < -0.4 is 11.1 Å². The van der Waals surface area contributed by atoms with E-state index < -0.39 is 49.1 Å². The molecule has 248 valence electrons. The van der Waals surface area contributed by atoms with Crippen molar-refractivity contribution in [3.63, 3.8) is 0 Å². The molecular formula is C33H65N3O6. The van der Waals surface area contributed by atoms with E-state index >= 15 is 0 Å². The molecule has 9 nitrogen and oxygen atoms in total. The summed E-state index contributed by atoms with van der Waals surface area (Å²) >= 11 is 0. The van der Waals surface area contributed by atoms with Gasteiger partial charge in [-0.1, -0.05) is 123 Å². The Balaban J connectivity index is 2.79. The Morgan fingerprint density at radius 3 is 1.67 bits per heavy atom. The lowest BCUT2D eigenvalue weighted by Gasteiger charge is -2.47. The average Bonchev–Trinajstić information content (AvgIpc) is 2.97. The molecule has 1 aliphatic heterocycles. The highest BCUT2D eigenvalue weighted by molar-refractivity contribution is 5.81. The summed E-state index contributed by atoms with van der Waals surface area (Å²) in [5, 5.41) is 34.0. The van der Waals surface area contributed by atoms with E-state index in [1.54, 1.807) is 4.90 Å². The normalized spacial score (nSPS) is 23.1. The van der Waals surface area contributed by atoms with E-state index in [-0.39, 0.29) is 5.91 Å². The van der Waals surface area contributed by atoms with E-state index in [0.29, 0.717) is 13.0 Å².